The van der Waals surface area contributed by atoms with Crippen LogP contribution in [0.1, 0.15) is 18.9 Å². The summed E-state index contributed by atoms with van der Waals surface area (Å²) in [5, 5.41) is 11.0. The molecule has 1 aromatic rings. The molecular formula is C13H15N3O2S. The van der Waals surface area contributed by atoms with Crippen LogP contribution in [-0.2, 0) is 4.79 Å². The van der Waals surface area contributed by atoms with E-state index in [0.29, 0.717) is 17.5 Å². The van der Waals surface area contributed by atoms with Crippen molar-refractivity contribution in [1.82, 2.24) is 5.32 Å². The summed E-state index contributed by atoms with van der Waals surface area (Å²) < 4.78 is 5.53. The number of nitrogens with zero attached hydrogens (tertiary/aromatic N) is 2. The second-order valence-corrected chi connectivity index (χ2v) is 4.87. The molecule has 0 aromatic heterocycles. The van der Waals surface area contributed by atoms with E-state index in [9.17, 15) is 4.79 Å². The molecule has 0 spiro atoms. The molecule has 1 amide bonds. The van der Waals surface area contributed by atoms with Gasteiger partial charge in [-0.1, -0.05) is 30.8 Å². The quantitative estimate of drug-likeness (QED) is 0.661. The normalized spacial score (nSPS) is 17.1. The minimum absolute atomic E-state index is 0.0334. The summed E-state index contributed by atoms with van der Waals surface area (Å²) in [6.07, 6.45) is 2.61. The van der Waals surface area contributed by atoms with Gasteiger partial charge >= 0.3 is 0 Å². The van der Waals surface area contributed by atoms with E-state index in [0.717, 1.165) is 17.7 Å². The van der Waals surface area contributed by atoms with Gasteiger partial charge in [0.15, 0.2) is 5.17 Å². The van der Waals surface area contributed by atoms with Crippen molar-refractivity contribution in [3.8, 4) is 5.75 Å². The van der Waals surface area contributed by atoms with Gasteiger partial charge in [-0.15, -0.1) is 5.10 Å². The maximum absolute atomic E-state index is 11.0. The molecule has 1 aromatic carbocycles. The number of rotatable bonds is 5. The number of carbonyl (C=O) groups excluding carboxylic acids is 1. The van der Waals surface area contributed by atoms with Crippen molar-refractivity contribution >= 4 is 29.1 Å². The van der Waals surface area contributed by atoms with Crippen molar-refractivity contribution in [2.24, 2.45) is 10.2 Å². The lowest BCUT2D eigenvalue weighted by Gasteiger charge is -2.04. The average Bonchev–Trinajstić information content (AvgIpc) is 2.83. The first-order chi connectivity index (χ1) is 9.28. The van der Waals surface area contributed by atoms with Crippen molar-refractivity contribution < 1.29 is 9.53 Å². The van der Waals surface area contributed by atoms with E-state index in [1.165, 1.54) is 11.8 Å². The van der Waals surface area contributed by atoms with Crippen LogP contribution in [0.25, 0.3) is 0 Å². The second kappa shape index (κ2) is 6.94. The molecule has 0 atom stereocenters. The molecule has 6 heteroatoms. The van der Waals surface area contributed by atoms with Gasteiger partial charge in [0.25, 0.3) is 0 Å². The average molecular weight is 277 g/mol. The van der Waals surface area contributed by atoms with Crippen LogP contribution in [-0.4, -0.2) is 29.6 Å². The predicted octanol–water partition coefficient (Wildman–Crippen LogP) is 2.03. The van der Waals surface area contributed by atoms with Gasteiger partial charge in [0.1, 0.15) is 5.75 Å². The van der Waals surface area contributed by atoms with Crippen LogP contribution < -0.4 is 10.1 Å². The highest BCUT2D eigenvalue weighted by atomic mass is 32.2. The molecule has 0 radical (unpaired) electrons. The third kappa shape index (κ3) is 4.40. The van der Waals surface area contributed by atoms with Gasteiger partial charge in [0.2, 0.25) is 5.91 Å². The van der Waals surface area contributed by atoms with E-state index >= 15 is 0 Å². The van der Waals surface area contributed by atoms with Gasteiger partial charge in [0.05, 0.1) is 18.6 Å². The third-order valence-corrected chi connectivity index (χ3v) is 3.14. The number of hydrogen-bond donors (Lipinski definition) is 1. The minimum Gasteiger partial charge on any atom is -0.494 e. The molecule has 1 heterocycles. The third-order valence-electron chi connectivity index (χ3n) is 2.27. The fourth-order valence-corrected chi connectivity index (χ4v) is 2.06. The highest BCUT2D eigenvalue weighted by Gasteiger charge is 2.15. The SMILES string of the molecule is CCCOc1cccc(C=NN=C2NC(=O)CS2)c1. The fourth-order valence-electron chi connectivity index (χ4n) is 1.43. The number of benzene rings is 1. The predicted molar refractivity (Wildman–Crippen MR) is 77.9 cm³/mol. The number of nitrogens with one attached hydrogen (secondary N) is 1. The summed E-state index contributed by atoms with van der Waals surface area (Å²) >= 11 is 1.35. The Morgan fingerprint density at radius 1 is 1.53 bits per heavy atom. The lowest BCUT2D eigenvalue weighted by atomic mass is 10.2. The van der Waals surface area contributed by atoms with Crippen LogP contribution in [0.4, 0.5) is 0 Å². The monoisotopic (exact) mass is 277 g/mol. The highest BCUT2D eigenvalue weighted by Crippen LogP contribution is 2.12. The van der Waals surface area contributed by atoms with Gasteiger partial charge < -0.3 is 10.1 Å². The molecule has 1 saturated heterocycles. The molecule has 19 heavy (non-hydrogen) atoms. The molecular weight excluding hydrogens is 262 g/mol. The first kappa shape index (κ1) is 13.6. The number of thioether (sulfide) groups is 1. The molecule has 1 N–H and O–H groups in total. The number of ether oxygens (including phenoxy) is 1. The number of hydrogen-bond acceptors (Lipinski definition) is 5. The van der Waals surface area contributed by atoms with E-state index in [2.05, 4.69) is 22.4 Å². The maximum atomic E-state index is 11.0. The van der Waals surface area contributed by atoms with Crippen molar-refractivity contribution in [3.63, 3.8) is 0 Å². The van der Waals surface area contributed by atoms with Crippen LogP contribution in [0.3, 0.4) is 0 Å². The number of amidine groups is 1. The first-order valence-electron chi connectivity index (χ1n) is 6.04. The van der Waals surface area contributed by atoms with Gasteiger partial charge in [-0.05, 0) is 24.1 Å². The summed E-state index contributed by atoms with van der Waals surface area (Å²) in [5.74, 6) is 1.20. The lowest BCUT2D eigenvalue weighted by Crippen LogP contribution is -2.19. The fraction of sp³-hybridized carbons (Fsp3) is 0.308. The van der Waals surface area contributed by atoms with Crippen LogP contribution >= 0.6 is 11.8 Å². The van der Waals surface area contributed by atoms with Gasteiger partial charge in [-0.3, -0.25) is 4.79 Å². The zero-order valence-corrected chi connectivity index (χ0v) is 11.4. The Hall–Kier alpha value is -1.82. The molecule has 0 saturated carbocycles. The van der Waals surface area contributed by atoms with Crippen LogP contribution in [0.2, 0.25) is 0 Å². The Balaban J connectivity index is 1.96. The van der Waals surface area contributed by atoms with E-state index in [4.69, 9.17) is 4.74 Å². The Labute approximate surface area is 116 Å². The molecule has 2 rings (SSSR count). The van der Waals surface area contributed by atoms with Gasteiger partial charge in [0, 0.05) is 0 Å². The minimum atomic E-state index is -0.0334. The van der Waals surface area contributed by atoms with Crippen LogP contribution in [0.15, 0.2) is 34.5 Å². The molecule has 1 aliphatic rings. The number of amides is 1. The lowest BCUT2D eigenvalue weighted by molar-refractivity contribution is -0.116. The van der Waals surface area contributed by atoms with Crippen molar-refractivity contribution in [3.05, 3.63) is 29.8 Å². The molecule has 1 fully saturated rings. The maximum Gasteiger partial charge on any atom is 0.236 e. The Morgan fingerprint density at radius 2 is 2.42 bits per heavy atom. The van der Waals surface area contributed by atoms with E-state index < -0.39 is 0 Å². The van der Waals surface area contributed by atoms with Crippen molar-refractivity contribution in [2.45, 2.75) is 13.3 Å². The summed E-state index contributed by atoms with van der Waals surface area (Å²) in [6, 6.07) is 7.64. The number of carbonyl (C=O) groups is 1. The van der Waals surface area contributed by atoms with E-state index in [1.54, 1.807) is 6.21 Å². The Morgan fingerprint density at radius 3 is 3.16 bits per heavy atom. The Bertz CT molecular complexity index is 514. The van der Waals surface area contributed by atoms with Crippen molar-refractivity contribution in [1.29, 1.82) is 0 Å². The van der Waals surface area contributed by atoms with Gasteiger partial charge in [-0.25, -0.2) is 0 Å². The second-order valence-electron chi connectivity index (χ2n) is 3.91. The summed E-state index contributed by atoms with van der Waals surface area (Å²) in [5.41, 5.74) is 0.910. The standard InChI is InChI=1S/C13H15N3O2S/c1-2-6-18-11-5-3-4-10(7-11)8-14-16-13-15-12(17)9-19-13/h3-5,7-8H,2,6,9H2,1H3,(H,15,16,17). The van der Waals surface area contributed by atoms with E-state index in [-0.39, 0.29) is 5.91 Å². The first-order valence-corrected chi connectivity index (χ1v) is 7.03. The summed E-state index contributed by atoms with van der Waals surface area (Å²) in [6.45, 7) is 2.76. The van der Waals surface area contributed by atoms with Crippen LogP contribution in [0.5, 0.6) is 5.75 Å². The van der Waals surface area contributed by atoms with Crippen molar-refractivity contribution in [2.75, 3.05) is 12.4 Å². The molecule has 0 aliphatic carbocycles. The summed E-state index contributed by atoms with van der Waals surface area (Å²) in [4.78, 5) is 11.0. The largest absolute Gasteiger partial charge is 0.494 e. The zero-order valence-electron chi connectivity index (χ0n) is 10.6. The molecule has 1 aliphatic heterocycles. The smallest absolute Gasteiger partial charge is 0.236 e. The molecule has 100 valence electrons. The highest BCUT2D eigenvalue weighted by molar-refractivity contribution is 8.15. The van der Waals surface area contributed by atoms with Gasteiger partial charge in [-0.2, -0.15) is 5.10 Å². The summed E-state index contributed by atoms with van der Waals surface area (Å²) in [7, 11) is 0. The van der Waals surface area contributed by atoms with E-state index in [1.807, 2.05) is 24.3 Å². The molecule has 0 bridgehead atoms. The Kier molecular flexibility index (Phi) is 4.97. The molecule has 5 nitrogen and oxygen atoms in total. The zero-order chi connectivity index (χ0) is 13.5. The van der Waals surface area contributed by atoms with Crippen LogP contribution in [0, 0.1) is 0 Å². The molecule has 0 unspecified atom stereocenters. The topological polar surface area (TPSA) is 63.1 Å².